The number of rotatable bonds is 2. The Bertz CT molecular complexity index is 574. The minimum Gasteiger partial charge on any atom is -0.254 e. The largest absolute Gasteiger partial charge is 0.254 e. The van der Waals surface area contributed by atoms with Gasteiger partial charge in [0.15, 0.2) is 9.84 Å². The van der Waals surface area contributed by atoms with E-state index >= 15 is 0 Å². The number of pyridine rings is 1. The molecular formula is C12H10NO2S. The van der Waals surface area contributed by atoms with Crippen LogP contribution >= 0.6 is 0 Å². The first-order chi connectivity index (χ1) is 7.57. The van der Waals surface area contributed by atoms with Gasteiger partial charge in [0.25, 0.3) is 0 Å². The summed E-state index contributed by atoms with van der Waals surface area (Å²) in [6.45, 7) is 0. The molecule has 1 aromatic heterocycles. The third kappa shape index (κ3) is 2.28. The van der Waals surface area contributed by atoms with E-state index in [4.69, 9.17) is 0 Å². The molecule has 0 aliphatic heterocycles. The van der Waals surface area contributed by atoms with Crippen LogP contribution in [-0.2, 0) is 9.84 Å². The lowest BCUT2D eigenvalue weighted by molar-refractivity contribution is 0.602. The third-order valence-electron chi connectivity index (χ3n) is 2.23. The highest BCUT2D eigenvalue weighted by Gasteiger charge is 2.06. The maximum atomic E-state index is 11.3. The van der Waals surface area contributed by atoms with Gasteiger partial charge in [-0.3, -0.25) is 4.98 Å². The molecule has 1 aromatic carbocycles. The molecule has 2 rings (SSSR count). The van der Waals surface area contributed by atoms with Crippen molar-refractivity contribution in [2.24, 2.45) is 0 Å². The van der Waals surface area contributed by atoms with Crippen LogP contribution in [0, 0.1) is 6.20 Å². The van der Waals surface area contributed by atoms with Crippen molar-refractivity contribution in [2.45, 2.75) is 4.90 Å². The lowest BCUT2D eigenvalue weighted by atomic mass is 10.1. The summed E-state index contributed by atoms with van der Waals surface area (Å²) in [4.78, 5) is 4.21. The van der Waals surface area contributed by atoms with Gasteiger partial charge in [-0.2, -0.15) is 0 Å². The van der Waals surface area contributed by atoms with Crippen molar-refractivity contribution >= 4 is 9.84 Å². The highest BCUT2D eigenvalue weighted by Crippen LogP contribution is 2.19. The van der Waals surface area contributed by atoms with E-state index < -0.39 is 9.84 Å². The second-order valence-electron chi connectivity index (χ2n) is 3.47. The second kappa shape index (κ2) is 4.06. The van der Waals surface area contributed by atoms with E-state index in [-0.39, 0.29) is 0 Å². The SMILES string of the molecule is CS(=O)(=O)c1ccc(-c2cc[c]nc2)cc1. The van der Waals surface area contributed by atoms with Crippen molar-refractivity contribution in [3.05, 3.63) is 48.8 Å². The molecule has 81 valence electrons. The summed E-state index contributed by atoms with van der Waals surface area (Å²) in [5, 5.41) is 0. The van der Waals surface area contributed by atoms with Gasteiger partial charge in [0.05, 0.1) is 11.1 Å². The summed E-state index contributed by atoms with van der Waals surface area (Å²) >= 11 is 0. The highest BCUT2D eigenvalue weighted by atomic mass is 32.2. The Labute approximate surface area is 94.7 Å². The zero-order valence-corrected chi connectivity index (χ0v) is 9.53. The average molecular weight is 232 g/mol. The first-order valence-electron chi connectivity index (χ1n) is 4.70. The fourth-order valence-corrected chi connectivity index (χ4v) is 2.02. The summed E-state index contributed by atoms with van der Waals surface area (Å²) in [6.07, 6.45) is 5.58. The second-order valence-corrected chi connectivity index (χ2v) is 5.49. The Morgan fingerprint density at radius 1 is 1.06 bits per heavy atom. The fraction of sp³-hybridized carbons (Fsp3) is 0.0833. The number of aromatic nitrogens is 1. The predicted molar refractivity (Wildman–Crippen MR) is 61.6 cm³/mol. The van der Waals surface area contributed by atoms with Gasteiger partial charge in [0.2, 0.25) is 0 Å². The molecule has 0 fully saturated rings. The first kappa shape index (κ1) is 10.8. The predicted octanol–water partition coefficient (Wildman–Crippen LogP) is 1.95. The Morgan fingerprint density at radius 2 is 1.75 bits per heavy atom. The van der Waals surface area contributed by atoms with Crippen molar-refractivity contribution in [1.82, 2.24) is 4.98 Å². The summed E-state index contributed by atoms with van der Waals surface area (Å²) in [7, 11) is -3.12. The van der Waals surface area contributed by atoms with E-state index in [1.54, 1.807) is 36.5 Å². The lowest BCUT2D eigenvalue weighted by Crippen LogP contribution is -1.96. The van der Waals surface area contributed by atoms with Crippen LogP contribution in [0.2, 0.25) is 0 Å². The van der Waals surface area contributed by atoms with Crippen LogP contribution in [0.15, 0.2) is 47.5 Å². The molecule has 0 bridgehead atoms. The molecule has 1 heterocycles. The van der Waals surface area contributed by atoms with Crippen molar-refractivity contribution in [3.8, 4) is 11.1 Å². The van der Waals surface area contributed by atoms with Gasteiger partial charge in [-0.15, -0.1) is 0 Å². The standard InChI is InChI=1S/C12H10NO2S/c1-16(14,15)12-6-4-10(5-7-12)11-3-2-8-13-9-11/h2-7,9H,1H3. The maximum absolute atomic E-state index is 11.3. The summed E-state index contributed by atoms with van der Waals surface area (Å²) in [5.74, 6) is 0. The Hall–Kier alpha value is -1.68. The Kier molecular flexibility index (Phi) is 2.75. The molecule has 0 spiro atoms. The average Bonchev–Trinajstić information content (AvgIpc) is 2.29. The quantitative estimate of drug-likeness (QED) is 0.795. The van der Waals surface area contributed by atoms with Gasteiger partial charge in [-0.1, -0.05) is 18.2 Å². The van der Waals surface area contributed by atoms with Crippen LogP contribution < -0.4 is 0 Å². The molecule has 16 heavy (non-hydrogen) atoms. The molecule has 3 nitrogen and oxygen atoms in total. The van der Waals surface area contributed by atoms with E-state index in [9.17, 15) is 8.42 Å². The van der Waals surface area contributed by atoms with Gasteiger partial charge in [0.1, 0.15) is 0 Å². The minimum absolute atomic E-state index is 0.326. The van der Waals surface area contributed by atoms with Crippen molar-refractivity contribution in [1.29, 1.82) is 0 Å². The molecule has 0 aliphatic rings. The Balaban J connectivity index is 2.41. The molecule has 0 N–H and O–H groups in total. The molecule has 0 atom stereocenters. The summed E-state index contributed by atoms with van der Waals surface area (Å²) in [5.41, 5.74) is 1.88. The van der Waals surface area contributed by atoms with Crippen LogP contribution in [-0.4, -0.2) is 19.7 Å². The van der Waals surface area contributed by atoms with Crippen LogP contribution in [0.4, 0.5) is 0 Å². The number of hydrogen-bond donors (Lipinski definition) is 0. The zero-order valence-electron chi connectivity index (χ0n) is 8.71. The molecule has 4 heteroatoms. The fourth-order valence-electron chi connectivity index (χ4n) is 1.39. The third-order valence-corrected chi connectivity index (χ3v) is 3.36. The monoisotopic (exact) mass is 232 g/mol. The number of benzene rings is 1. The molecular weight excluding hydrogens is 222 g/mol. The molecule has 0 unspecified atom stereocenters. The molecule has 1 radical (unpaired) electrons. The van der Waals surface area contributed by atoms with Gasteiger partial charge in [0, 0.05) is 18.0 Å². The van der Waals surface area contributed by atoms with Gasteiger partial charge < -0.3 is 0 Å². The van der Waals surface area contributed by atoms with Crippen molar-refractivity contribution in [3.63, 3.8) is 0 Å². The van der Waals surface area contributed by atoms with Crippen LogP contribution in [0.25, 0.3) is 11.1 Å². The normalized spacial score (nSPS) is 11.3. The molecule has 0 saturated heterocycles. The van der Waals surface area contributed by atoms with Crippen LogP contribution in [0.3, 0.4) is 0 Å². The lowest BCUT2D eigenvalue weighted by Gasteiger charge is -2.02. The van der Waals surface area contributed by atoms with E-state index in [1.165, 1.54) is 6.26 Å². The van der Waals surface area contributed by atoms with Crippen LogP contribution in [0.1, 0.15) is 0 Å². The molecule has 0 amide bonds. The summed E-state index contributed by atoms with van der Waals surface area (Å²) < 4.78 is 22.5. The minimum atomic E-state index is -3.12. The van der Waals surface area contributed by atoms with Crippen LogP contribution in [0.5, 0.6) is 0 Å². The summed E-state index contributed by atoms with van der Waals surface area (Å²) in [6, 6.07) is 10.3. The van der Waals surface area contributed by atoms with E-state index in [0.29, 0.717) is 4.90 Å². The first-order valence-corrected chi connectivity index (χ1v) is 6.59. The van der Waals surface area contributed by atoms with Crippen molar-refractivity contribution < 1.29 is 8.42 Å². The van der Waals surface area contributed by atoms with E-state index in [1.807, 2.05) is 6.07 Å². The van der Waals surface area contributed by atoms with E-state index in [0.717, 1.165) is 11.1 Å². The highest BCUT2D eigenvalue weighted by molar-refractivity contribution is 7.90. The Morgan fingerprint density at radius 3 is 2.25 bits per heavy atom. The topological polar surface area (TPSA) is 47.0 Å². The zero-order chi connectivity index (χ0) is 11.6. The van der Waals surface area contributed by atoms with E-state index in [2.05, 4.69) is 11.2 Å². The number of nitrogens with zero attached hydrogens (tertiary/aromatic N) is 1. The number of hydrogen-bond acceptors (Lipinski definition) is 3. The van der Waals surface area contributed by atoms with Gasteiger partial charge >= 0.3 is 0 Å². The van der Waals surface area contributed by atoms with Gasteiger partial charge in [-0.05, 0) is 23.8 Å². The molecule has 2 aromatic rings. The maximum Gasteiger partial charge on any atom is 0.175 e. The molecule has 0 aliphatic carbocycles. The number of sulfone groups is 1. The van der Waals surface area contributed by atoms with Gasteiger partial charge in [-0.25, -0.2) is 8.42 Å². The van der Waals surface area contributed by atoms with Crippen molar-refractivity contribution in [2.75, 3.05) is 6.26 Å². The molecule has 0 saturated carbocycles. The smallest absolute Gasteiger partial charge is 0.175 e.